The number of ether oxygens (including phenoxy) is 2. The molecule has 1 atom stereocenters. The highest BCUT2D eigenvalue weighted by atomic mass is 16.5. The number of carbonyl (C=O) groups is 1. The molecule has 2 aromatic carbocycles. The molecular weight excluding hydrogens is 442 g/mol. The minimum atomic E-state index is -0.196. The lowest BCUT2D eigenvalue weighted by Crippen LogP contribution is -2.31. The number of nitrogens with zero attached hydrogens (tertiary/aromatic N) is 5. The summed E-state index contributed by atoms with van der Waals surface area (Å²) in [6, 6.07) is 16.7. The summed E-state index contributed by atoms with van der Waals surface area (Å²) < 4.78 is 13.2. The second-order valence-electron chi connectivity index (χ2n) is 8.58. The Balaban J connectivity index is 1.36. The Bertz CT molecular complexity index is 1300. The Morgan fingerprint density at radius 3 is 2.69 bits per heavy atom. The van der Waals surface area contributed by atoms with Crippen LogP contribution in [-0.4, -0.2) is 44.0 Å². The number of amides is 1. The van der Waals surface area contributed by atoms with Crippen LogP contribution in [0.1, 0.15) is 46.3 Å². The molecule has 0 spiro atoms. The highest BCUT2D eigenvalue weighted by molar-refractivity contribution is 5.94. The molecule has 1 saturated heterocycles. The number of methoxy groups -OCH3 is 1. The Kier molecular flexibility index (Phi) is 6.43. The number of hydrogen-bond donors (Lipinski definition) is 0. The van der Waals surface area contributed by atoms with Crippen LogP contribution in [0.5, 0.6) is 17.4 Å². The summed E-state index contributed by atoms with van der Waals surface area (Å²) in [6.07, 6.45) is 7.14. The van der Waals surface area contributed by atoms with Gasteiger partial charge < -0.3 is 18.9 Å². The maximum absolute atomic E-state index is 13.5. The molecule has 2 aromatic heterocycles. The van der Waals surface area contributed by atoms with E-state index in [2.05, 4.69) is 15.0 Å². The van der Waals surface area contributed by atoms with Crippen molar-refractivity contribution in [1.29, 1.82) is 0 Å². The number of aryl methyl sites for hydroxylation is 1. The zero-order valence-corrected chi connectivity index (χ0v) is 19.8. The fraction of sp³-hybridized carbons (Fsp3) is 0.259. The number of aromatic nitrogens is 4. The first kappa shape index (κ1) is 22.6. The van der Waals surface area contributed by atoms with E-state index in [1.807, 2.05) is 71.1 Å². The molecule has 0 unspecified atom stereocenters. The smallest absolute Gasteiger partial charge is 0.254 e. The predicted octanol–water partition coefficient (Wildman–Crippen LogP) is 4.81. The van der Waals surface area contributed by atoms with Crippen LogP contribution < -0.4 is 9.47 Å². The van der Waals surface area contributed by atoms with Gasteiger partial charge in [0.05, 0.1) is 19.5 Å². The van der Waals surface area contributed by atoms with E-state index in [1.165, 1.54) is 0 Å². The van der Waals surface area contributed by atoms with Crippen molar-refractivity contribution in [3.63, 3.8) is 0 Å². The van der Waals surface area contributed by atoms with Gasteiger partial charge in [0.1, 0.15) is 11.5 Å². The van der Waals surface area contributed by atoms with Gasteiger partial charge in [-0.2, -0.15) is 4.98 Å². The number of rotatable bonds is 7. The van der Waals surface area contributed by atoms with Crippen molar-refractivity contribution < 1.29 is 14.3 Å². The highest BCUT2D eigenvalue weighted by Gasteiger charge is 2.33. The molecule has 0 aliphatic carbocycles. The van der Waals surface area contributed by atoms with Gasteiger partial charge in [-0.25, -0.2) is 9.97 Å². The van der Waals surface area contributed by atoms with E-state index >= 15 is 0 Å². The van der Waals surface area contributed by atoms with Crippen molar-refractivity contribution in [1.82, 2.24) is 24.4 Å². The Morgan fingerprint density at radius 2 is 1.91 bits per heavy atom. The highest BCUT2D eigenvalue weighted by Crippen LogP contribution is 2.33. The summed E-state index contributed by atoms with van der Waals surface area (Å²) in [7, 11) is 1.63. The van der Waals surface area contributed by atoms with Crippen molar-refractivity contribution in [2.45, 2.75) is 32.4 Å². The lowest BCUT2D eigenvalue weighted by Gasteiger charge is -2.24. The van der Waals surface area contributed by atoms with Gasteiger partial charge in [-0.1, -0.05) is 12.1 Å². The summed E-state index contributed by atoms with van der Waals surface area (Å²) in [4.78, 5) is 28.8. The van der Waals surface area contributed by atoms with Gasteiger partial charge in [-0.05, 0) is 61.7 Å². The molecule has 178 valence electrons. The van der Waals surface area contributed by atoms with Crippen molar-refractivity contribution in [3.8, 4) is 17.4 Å². The molecule has 3 heterocycles. The van der Waals surface area contributed by atoms with Crippen LogP contribution in [0.25, 0.3) is 0 Å². The standard InChI is InChI=1S/C27H27N5O3/c1-19-15-25(35-23-10-8-22(34-2)9-11-23)30-26(29-19)24-7-4-13-32(24)27(33)21-6-3-5-20(16-21)17-31-14-12-28-18-31/h3,5-6,8-12,14-16,18,24H,4,7,13,17H2,1-2H3/t24-/m0/s1. The summed E-state index contributed by atoms with van der Waals surface area (Å²) in [5, 5.41) is 0. The molecule has 1 aliphatic heterocycles. The number of hydrogen-bond acceptors (Lipinski definition) is 6. The average Bonchev–Trinajstić information content (AvgIpc) is 3.56. The summed E-state index contributed by atoms with van der Waals surface area (Å²) in [5.41, 5.74) is 2.50. The van der Waals surface area contributed by atoms with Crippen molar-refractivity contribution in [2.24, 2.45) is 0 Å². The number of likely N-dealkylation sites (tertiary alicyclic amines) is 1. The largest absolute Gasteiger partial charge is 0.497 e. The number of imidazole rings is 1. The van der Waals surface area contributed by atoms with E-state index in [0.29, 0.717) is 36.1 Å². The summed E-state index contributed by atoms with van der Waals surface area (Å²) >= 11 is 0. The quantitative estimate of drug-likeness (QED) is 0.386. The zero-order valence-electron chi connectivity index (χ0n) is 19.8. The third-order valence-electron chi connectivity index (χ3n) is 6.04. The third kappa shape index (κ3) is 5.16. The van der Waals surface area contributed by atoms with Crippen LogP contribution in [0, 0.1) is 6.92 Å². The molecule has 8 heteroatoms. The second-order valence-corrected chi connectivity index (χ2v) is 8.58. The molecule has 1 amide bonds. The topological polar surface area (TPSA) is 82.4 Å². The molecular formula is C27H27N5O3. The predicted molar refractivity (Wildman–Crippen MR) is 131 cm³/mol. The van der Waals surface area contributed by atoms with Gasteiger partial charge in [0.15, 0.2) is 5.82 Å². The van der Waals surface area contributed by atoms with Gasteiger partial charge in [-0.3, -0.25) is 4.79 Å². The molecule has 8 nitrogen and oxygen atoms in total. The zero-order chi connectivity index (χ0) is 24.2. The third-order valence-corrected chi connectivity index (χ3v) is 6.04. The lowest BCUT2D eigenvalue weighted by molar-refractivity contribution is 0.0729. The van der Waals surface area contributed by atoms with Crippen molar-refractivity contribution in [2.75, 3.05) is 13.7 Å². The van der Waals surface area contributed by atoms with E-state index in [1.54, 1.807) is 25.7 Å². The van der Waals surface area contributed by atoms with E-state index in [0.717, 1.165) is 29.8 Å². The lowest BCUT2D eigenvalue weighted by atomic mass is 10.1. The molecule has 0 saturated carbocycles. The number of carbonyl (C=O) groups excluding carboxylic acids is 1. The molecule has 5 rings (SSSR count). The number of benzene rings is 2. The SMILES string of the molecule is COc1ccc(Oc2cc(C)nc([C@@H]3CCCN3C(=O)c3cccc(Cn4ccnc4)c3)n2)cc1. The second kappa shape index (κ2) is 9.97. The van der Waals surface area contributed by atoms with Gasteiger partial charge >= 0.3 is 0 Å². The Labute approximate surface area is 204 Å². The molecule has 0 N–H and O–H groups in total. The molecule has 0 bridgehead atoms. The maximum Gasteiger partial charge on any atom is 0.254 e. The average molecular weight is 470 g/mol. The van der Waals surface area contributed by atoms with Crippen LogP contribution >= 0.6 is 0 Å². The molecule has 35 heavy (non-hydrogen) atoms. The first-order chi connectivity index (χ1) is 17.1. The van der Waals surface area contributed by atoms with E-state index in [-0.39, 0.29) is 11.9 Å². The van der Waals surface area contributed by atoms with Crippen LogP contribution in [-0.2, 0) is 6.54 Å². The summed E-state index contributed by atoms with van der Waals surface area (Å²) in [5.74, 6) is 2.46. The minimum absolute atomic E-state index is 0.0114. The van der Waals surface area contributed by atoms with Crippen molar-refractivity contribution in [3.05, 3.63) is 96.0 Å². The normalized spacial score (nSPS) is 15.3. The maximum atomic E-state index is 13.5. The van der Waals surface area contributed by atoms with E-state index in [4.69, 9.17) is 9.47 Å². The van der Waals surface area contributed by atoms with Crippen LogP contribution in [0.4, 0.5) is 0 Å². The van der Waals surface area contributed by atoms with Crippen molar-refractivity contribution >= 4 is 5.91 Å². The fourth-order valence-electron chi connectivity index (χ4n) is 4.37. The monoisotopic (exact) mass is 469 g/mol. The van der Waals surface area contributed by atoms with Crippen LogP contribution in [0.15, 0.2) is 73.3 Å². The molecule has 1 aliphatic rings. The van der Waals surface area contributed by atoms with Gasteiger partial charge in [0, 0.05) is 42.8 Å². The fourth-order valence-corrected chi connectivity index (χ4v) is 4.37. The van der Waals surface area contributed by atoms with Gasteiger partial charge in [0.2, 0.25) is 5.88 Å². The van der Waals surface area contributed by atoms with Crippen LogP contribution in [0.3, 0.4) is 0 Å². The van der Waals surface area contributed by atoms with E-state index < -0.39 is 0 Å². The van der Waals surface area contributed by atoms with Gasteiger partial charge in [0.25, 0.3) is 5.91 Å². The Hall–Kier alpha value is -4.20. The van der Waals surface area contributed by atoms with E-state index in [9.17, 15) is 4.79 Å². The molecule has 0 radical (unpaired) electrons. The first-order valence-electron chi connectivity index (χ1n) is 11.6. The summed E-state index contributed by atoms with van der Waals surface area (Å²) in [6.45, 7) is 3.24. The minimum Gasteiger partial charge on any atom is -0.497 e. The van der Waals surface area contributed by atoms with Gasteiger partial charge in [-0.15, -0.1) is 0 Å². The Morgan fingerprint density at radius 1 is 1.09 bits per heavy atom. The molecule has 1 fully saturated rings. The first-order valence-corrected chi connectivity index (χ1v) is 11.6. The molecule has 4 aromatic rings. The van der Waals surface area contributed by atoms with Crippen LogP contribution in [0.2, 0.25) is 0 Å².